The molecule has 1 aliphatic heterocycles. The summed E-state index contributed by atoms with van der Waals surface area (Å²) in [6.45, 7) is 14.8. The molecule has 2 rings (SSSR count). The smallest absolute Gasteiger partial charge is 0.123 e. The first-order valence-electron chi connectivity index (χ1n) is 9.06. The predicted molar refractivity (Wildman–Crippen MR) is 101 cm³/mol. The number of unbranched alkanes of at least 4 members (excludes halogenated alkanes) is 1. The fraction of sp³-hybridized carbons (Fsp3) is 0.700. The van der Waals surface area contributed by atoms with Gasteiger partial charge in [-0.05, 0) is 56.8 Å². The quantitative estimate of drug-likeness (QED) is 0.678. The van der Waals surface area contributed by atoms with E-state index in [0.29, 0.717) is 12.2 Å². The predicted octanol–water partition coefficient (Wildman–Crippen LogP) is 4.91. The zero-order valence-corrected chi connectivity index (χ0v) is 16.5. The second-order valence-electron chi connectivity index (χ2n) is 7.96. The molecule has 1 saturated heterocycles. The van der Waals surface area contributed by atoms with Gasteiger partial charge in [-0.3, -0.25) is 4.90 Å². The first kappa shape index (κ1) is 19.6. The van der Waals surface area contributed by atoms with Crippen molar-refractivity contribution in [1.82, 2.24) is 4.90 Å². The van der Waals surface area contributed by atoms with Gasteiger partial charge in [-0.25, -0.2) is 0 Å². The van der Waals surface area contributed by atoms with Crippen LogP contribution >= 0.6 is 11.6 Å². The number of benzene rings is 1. The summed E-state index contributed by atoms with van der Waals surface area (Å²) >= 11 is 6.14. The minimum Gasteiger partial charge on any atom is -0.493 e. The molecule has 0 bridgehead atoms. The Morgan fingerprint density at radius 2 is 1.83 bits per heavy atom. The number of halogens is 1. The van der Waals surface area contributed by atoms with Crippen LogP contribution in [0.5, 0.6) is 5.75 Å². The van der Waals surface area contributed by atoms with Crippen molar-refractivity contribution >= 4 is 11.6 Å². The molecule has 0 unspecified atom stereocenters. The molecule has 24 heavy (non-hydrogen) atoms. The Bertz CT molecular complexity index is 517. The van der Waals surface area contributed by atoms with Crippen LogP contribution in [0.3, 0.4) is 0 Å². The number of ether oxygens (including phenoxy) is 2. The second-order valence-corrected chi connectivity index (χ2v) is 8.40. The average Bonchev–Trinajstić information content (AvgIpc) is 2.46. The third-order valence-electron chi connectivity index (χ3n) is 4.37. The van der Waals surface area contributed by atoms with E-state index in [2.05, 4.69) is 39.5 Å². The maximum atomic E-state index is 6.14. The number of hydrogen-bond acceptors (Lipinski definition) is 3. The Balaban J connectivity index is 1.77. The minimum absolute atomic E-state index is 0.0281. The van der Waals surface area contributed by atoms with Crippen LogP contribution in [0.15, 0.2) is 18.2 Å². The molecule has 0 aliphatic carbocycles. The van der Waals surface area contributed by atoms with Crippen molar-refractivity contribution in [3.8, 4) is 5.75 Å². The Labute approximate surface area is 152 Å². The molecule has 3 nitrogen and oxygen atoms in total. The molecule has 0 radical (unpaired) electrons. The van der Waals surface area contributed by atoms with Crippen molar-refractivity contribution in [1.29, 1.82) is 0 Å². The van der Waals surface area contributed by atoms with Crippen LogP contribution in [0, 0.1) is 0 Å². The number of nitrogens with zero attached hydrogens (tertiary/aromatic N) is 1. The molecule has 2 atom stereocenters. The Hall–Kier alpha value is -0.770. The second kappa shape index (κ2) is 8.55. The summed E-state index contributed by atoms with van der Waals surface area (Å²) in [5.74, 6) is 0.959. The van der Waals surface area contributed by atoms with E-state index in [1.165, 1.54) is 5.56 Å². The molecule has 0 spiro atoms. The van der Waals surface area contributed by atoms with Crippen molar-refractivity contribution in [2.75, 3.05) is 26.2 Å². The summed E-state index contributed by atoms with van der Waals surface area (Å²) in [6.07, 6.45) is 2.89. The summed E-state index contributed by atoms with van der Waals surface area (Å²) in [7, 11) is 0. The van der Waals surface area contributed by atoms with Gasteiger partial charge in [-0.2, -0.15) is 0 Å². The van der Waals surface area contributed by atoms with Crippen LogP contribution in [0.2, 0.25) is 5.02 Å². The van der Waals surface area contributed by atoms with E-state index in [1.54, 1.807) is 0 Å². The normalized spacial score (nSPS) is 22.6. The van der Waals surface area contributed by atoms with Gasteiger partial charge in [-0.15, -0.1) is 0 Å². The third kappa shape index (κ3) is 5.94. The van der Waals surface area contributed by atoms with Gasteiger partial charge in [0.1, 0.15) is 5.75 Å². The zero-order valence-electron chi connectivity index (χ0n) is 15.8. The Morgan fingerprint density at radius 1 is 1.17 bits per heavy atom. The summed E-state index contributed by atoms with van der Waals surface area (Å²) in [5.41, 5.74) is 1.20. The van der Waals surface area contributed by atoms with E-state index in [4.69, 9.17) is 21.1 Å². The van der Waals surface area contributed by atoms with Gasteiger partial charge >= 0.3 is 0 Å². The van der Waals surface area contributed by atoms with E-state index < -0.39 is 0 Å². The van der Waals surface area contributed by atoms with E-state index in [0.717, 1.165) is 49.9 Å². The summed E-state index contributed by atoms with van der Waals surface area (Å²) < 4.78 is 11.8. The molecule has 1 aromatic carbocycles. The van der Waals surface area contributed by atoms with Crippen molar-refractivity contribution in [2.24, 2.45) is 0 Å². The highest BCUT2D eigenvalue weighted by Gasteiger charge is 2.22. The largest absolute Gasteiger partial charge is 0.493 e. The lowest BCUT2D eigenvalue weighted by Gasteiger charge is -2.35. The summed E-state index contributed by atoms with van der Waals surface area (Å²) in [5, 5.41) is 0.767. The van der Waals surface area contributed by atoms with Crippen LogP contribution in [-0.2, 0) is 10.2 Å². The van der Waals surface area contributed by atoms with Crippen molar-refractivity contribution in [3.63, 3.8) is 0 Å². The SMILES string of the molecule is C[C@H]1CN(CCCCOc2ccc(Cl)cc2C(C)(C)C)C[C@H](C)O1. The van der Waals surface area contributed by atoms with Crippen molar-refractivity contribution < 1.29 is 9.47 Å². The van der Waals surface area contributed by atoms with Crippen LogP contribution in [0.1, 0.15) is 53.0 Å². The zero-order chi connectivity index (χ0) is 17.7. The third-order valence-corrected chi connectivity index (χ3v) is 4.61. The van der Waals surface area contributed by atoms with Gasteiger partial charge in [0.25, 0.3) is 0 Å². The molecule has 0 amide bonds. The molecule has 136 valence electrons. The lowest BCUT2D eigenvalue weighted by Crippen LogP contribution is -2.45. The maximum absolute atomic E-state index is 6.14. The van der Waals surface area contributed by atoms with Gasteiger partial charge in [0.05, 0.1) is 18.8 Å². The highest BCUT2D eigenvalue weighted by molar-refractivity contribution is 6.30. The van der Waals surface area contributed by atoms with E-state index >= 15 is 0 Å². The maximum Gasteiger partial charge on any atom is 0.123 e. The van der Waals surface area contributed by atoms with E-state index in [9.17, 15) is 0 Å². The summed E-state index contributed by atoms with van der Waals surface area (Å²) in [6, 6.07) is 5.92. The highest BCUT2D eigenvalue weighted by atomic mass is 35.5. The highest BCUT2D eigenvalue weighted by Crippen LogP contribution is 2.33. The molecule has 1 fully saturated rings. The number of hydrogen-bond donors (Lipinski definition) is 0. The molecular formula is C20H32ClNO2. The lowest BCUT2D eigenvalue weighted by atomic mass is 9.86. The van der Waals surface area contributed by atoms with Crippen LogP contribution < -0.4 is 4.74 Å². The van der Waals surface area contributed by atoms with Gasteiger partial charge in [0.2, 0.25) is 0 Å². The van der Waals surface area contributed by atoms with Crippen molar-refractivity contribution in [2.45, 2.75) is 65.1 Å². The van der Waals surface area contributed by atoms with Gasteiger partial charge in [0.15, 0.2) is 0 Å². The fourth-order valence-electron chi connectivity index (χ4n) is 3.30. The molecule has 1 aliphatic rings. The average molecular weight is 354 g/mol. The lowest BCUT2D eigenvalue weighted by molar-refractivity contribution is -0.0682. The first-order valence-corrected chi connectivity index (χ1v) is 9.44. The molecule has 1 heterocycles. The van der Waals surface area contributed by atoms with Crippen molar-refractivity contribution in [3.05, 3.63) is 28.8 Å². The minimum atomic E-state index is 0.0281. The summed E-state index contributed by atoms with van der Waals surface area (Å²) in [4.78, 5) is 2.50. The van der Waals surface area contributed by atoms with Crippen LogP contribution in [0.25, 0.3) is 0 Å². The number of morpholine rings is 1. The van der Waals surface area contributed by atoms with E-state index in [-0.39, 0.29) is 5.41 Å². The molecule has 0 saturated carbocycles. The van der Waals surface area contributed by atoms with Gasteiger partial charge < -0.3 is 9.47 Å². The van der Waals surface area contributed by atoms with Crippen LogP contribution in [0.4, 0.5) is 0 Å². The standard InChI is InChI=1S/C20H32ClNO2/c1-15-13-22(14-16(2)24-15)10-6-7-11-23-19-9-8-17(21)12-18(19)20(3,4)5/h8-9,12,15-16H,6-7,10-11,13-14H2,1-5H3/t15-,16-/m0/s1. The van der Waals surface area contributed by atoms with Crippen LogP contribution in [-0.4, -0.2) is 43.3 Å². The molecule has 0 aromatic heterocycles. The monoisotopic (exact) mass is 353 g/mol. The topological polar surface area (TPSA) is 21.7 Å². The molecule has 4 heteroatoms. The number of rotatable bonds is 6. The van der Waals surface area contributed by atoms with Gasteiger partial charge in [-0.1, -0.05) is 32.4 Å². The Morgan fingerprint density at radius 3 is 2.46 bits per heavy atom. The molecule has 1 aromatic rings. The van der Waals surface area contributed by atoms with E-state index in [1.807, 2.05) is 18.2 Å². The molecule has 0 N–H and O–H groups in total. The van der Waals surface area contributed by atoms with Gasteiger partial charge in [0, 0.05) is 23.7 Å². The fourth-order valence-corrected chi connectivity index (χ4v) is 3.47. The first-order chi connectivity index (χ1) is 11.3. The Kier molecular flexibility index (Phi) is 6.97. The molecular weight excluding hydrogens is 322 g/mol.